The lowest BCUT2D eigenvalue weighted by Gasteiger charge is -2.25. The molecule has 4 atom stereocenters. The van der Waals surface area contributed by atoms with Crippen LogP contribution >= 0.6 is 0 Å². The number of hydrogen-bond acceptors (Lipinski definition) is 7. The predicted octanol–water partition coefficient (Wildman–Crippen LogP) is -2.23. The molecule has 4 amide bonds. The van der Waals surface area contributed by atoms with Gasteiger partial charge in [0.15, 0.2) is 0 Å². The summed E-state index contributed by atoms with van der Waals surface area (Å²) in [4.78, 5) is 68.0. The van der Waals surface area contributed by atoms with Crippen molar-refractivity contribution in [1.29, 1.82) is 0 Å². The van der Waals surface area contributed by atoms with Gasteiger partial charge in [0, 0.05) is 18.3 Å². The number of carbonyl (C=O) groups is 5. The van der Waals surface area contributed by atoms with Gasteiger partial charge in [-0.05, 0) is 25.3 Å². The number of carboxylic acid groups (broad SMARTS) is 1. The van der Waals surface area contributed by atoms with Crippen LogP contribution in [0.15, 0.2) is 12.5 Å². The number of rotatable bonds is 12. The molecule has 0 aliphatic carbocycles. The minimum absolute atomic E-state index is 0.0244. The van der Waals surface area contributed by atoms with Crippen molar-refractivity contribution < 1.29 is 29.1 Å². The maximum Gasteiger partial charge on any atom is 0.326 e. The van der Waals surface area contributed by atoms with Crippen LogP contribution < -0.4 is 27.0 Å². The number of nitrogens with two attached hydrogens (primary N) is 1. The third-order valence-electron chi connectivity index (χ3n) is 5.26. The van der Waals surface area contributed by atoms with Crippen LogP contribution in [0.3, 0.4) is 0 Å². The fourth-order valence-electron chi connectivity index (χ4n) is 3.46. The van der Waals surface area contributed by atoms with Gasteiger partial charge in [0.25, 0.3) is 0 Å². The topological polar surface area (TPSA) is 208 Å². The van der Waals surface area contributed by atoms with E-state index in [2.05, 4.69) is 31.2 Å². The molecule has 8 N–H and O–H groups in total. The summed E-state index contributed by atoms with van der Waals surface area (Å²) in [5, 5.41) is 19.8. The lowest BCUT2D eigenvalue weighted by atomic mass is 10.0. The first kappa shape index (κ1) is 25.8. The van der Waals surface area contributed by atoms with E-state index in [1.807, 2.05) is 0 Å². The number of nitrogens with one attached hydrogen (secondary N) is 5. The van der Waals surface area contributed by atoms with Crippen LogP contribution in [-0.2, 0) is 30.4 Å². The summed E-state index contributed by atoms with van der Waals surface area (Å²) in [6, 6.07) is -4.15. The number of aromatic amines is 1. The number of aliphatic carboxylic acids is 1. The second-order valence-electron chi connectivity index (χ2n) is 8.29. The first-order valence-electron chi connectivity index (χ1n) is 10.7. The van der Waals surface area contributed by atoms with Crippen molar-refractivity contribution in [3.05, 3.63) is 18.2 Å². The molecule has 0 radical (unpaired) electrons. The molecule has 0 bridgehead atoms. The number of carboxylic acids is 1. The van der Waals surface area contributed by atoms with E-state index in [4.69, 9.17) is 5.73 Å². The molecule has 1 aromatic rings. The van der Waals surface area contributed by atoms with Gasteiger partial charge >= 0.3 is 5.97 Å². The maximum absolute atomic E-state index is 12.9. The first-order chi connectivity index (χ1) is 15.6. The summed E-state index contributed by atoms with van der Waals surface area (Å²) in [5.74, 6) is -4.41. The third kappa shape index (κ3) is 7.86. The molecule has 13 heteroatoms. The number of aromatic nitrogens is 2. The minimum Gasteiger partial charge on any atom is -0.480 e. The van der Waals surface area contributed by atoms with Crippen molar-refractivity contribution in [3.63, 3.8) is 0 Å². The van der Waals surface area contributed by atoms with Crippen molar-refractivity contribution in [2.24, 2.45) is 11.7 Å². The molecule has 0 saturated carbocycles. The van der Waals surface area contributed by atoms with Gasteiger partial charge in [-0.3, -0.25) is 19.2 Å². The van der Waals surface area contributed by atoms with Gasteiger partial charge < -0.3 is 37.1 Å². The Hall–Kier alpha value is -3.48. The number of nitrogens with zero attached hydrogens (tertiary/aromatic N) is 1. The molecule has 1 aliphatic heterocycles. The normalized spacial score (nSPS) is 18.2. The number of hydrogen-bond donors (Lipinski definition) is 7. The summed E-state index contributed by atoms with van der Waals surface area (Å²) >= 11 is 0. The van der Waals surface area contributed by atoms with Gasteiger partial charge in [-0.2, -0.15) is 0 Å². The molecule has 1 saturated heterocycles. The average molecular weight is 466 g/mol. The molecule has 2 heterocycles. The van der Waals surface area contributed by atoms with E-state index in [1.165, 1.54) is 12.5 Å². The Morgan fingerprint density at radius 1 is 1.15 bits per heavy atom. The number of carbonyl (C=O) groups excluding carboxylic acids is 4. The smallest absolute Gasteiger partial charge is 0.326 e. The van der Waals surface area contributed by atoms with Crippen molar-refractivity contribution in [2.45, 2.75) is 63.7 Å². The summed E-state index contributed by atoms with van der Waals surface area (Å²) in [6.07, 6.45) is 3.75. The first-order valence-corrected chi connectivity index (χ1v) is 10.7. The summed E-state index contributed by atoms with van der Waals surface area (Å²) < 4.78 is 0. The van der Waals surface area contributed by atoms with Crippen LogP contribution in [0.25, 0.3) is 0 Å². The van der Waals surface area contributed by atoms with Crippen LogP contribution in [0.2, 0.25) is 0 Å². The fourth-order valence-corrected chi connectivity index (χ4v) is 3.46. The van der Waals surface area contributed by atoms with Crippen LogP contribution in [0.5, 0.6) is 0 Å². The number of imidazole rings is 1. The second kappa shape index (κ2) is 11.9. The second-order valence-corrected chi connectivity index (χ2v) is 8.29. The van der Waals surface area contributed by atoms with Crippen LogP contribution in [0.4, 0.5) is 0 Å². The van der Waals surface area contributed by atoms with Gasteiger partial charge in [0.2, 0.25) is 23.6 Å². The largest absolute Gasteiger partial charge is 0.480 e. The fraction of sp³-hybridized carbons (Fsp3) is 0.600. The van der Waals surface area contributed by atoms with E-state index < -0.39 is 66.1 Å². The lowest BCUT2D eigenvalue weighted by Crippen LogP contribution is -2.58. The zero-order chi connectivity index (χ0) is 24.5. The van der Waals surface area contributed by atoms with Crippen molar-refractivity contribution in [1.82, 2.24) is 31.2 Å². The molecule has 0 spiro atoms. The van der Waals surface area contributed by atoms with Gasteiger partial charge in [0.1, 0.15) is 18.1 Å². The van der Waals surface area contributed by atoms with E-state index in [-0.39, 0.29) is 6.42 Å². The Morgan fingerprint density at radius 2 is 1.85 bits per heavy atom. The minimum atomic E-state index is -1.30. The quantitative estimate of drug-likeness (QED) is 0.179. The Labute approximate surface area is 190 Å². The summed E-state index contributed by atoms with van der Waals surface area (Å²) in [6.45, 7) is 3.94. The van der Waals surface area contributed by atoms with E-state index >= 15 is 0 Å². The number of amides is 4. The number of primary amides is 1. The lowest BCUT2D eigenvalue weighted by molar-refractivity contribution is -0.143. The van der Waals surface area contributed by atoms with Gasteiger partial charge in [0.05, 0.1) is 18.8 Å². The molecule has 4 unspecified atom stereocenters. The summed E-state index contributed by atoms with van der Waals surface area (Å²) in [7, 11) is 0. The monoisotopic (exact) mass is 465 g/mol. The highest BCUT2D eigenvalue weighted by atomic mass is 16.4. The molecule has 1 aliphatic rings. The van der Waals surface area contributed by atoms with Crippen LogP contribution in [-0.4, -0.2) is 75.4 Å². The molecular formula is C20H31N7O6. The van der Waals surface area contributed by atoms with E-state index in [9.17, 15) is 29.1 Å². The molecule has 1 fully saturated rings. The molecule has 13 nitrogen and oxygen atoms in total. The SMILES string of the molecule is CC(C)C(NC(=O)C(Cc1cnc[nH]1)NC(=O)C(CC(N)=O)NC(=O)C1CCCN1)C(=O)O. The van der Waals surface area contributed by atoms with Gasteiger partial charge in [-0.15, -0.1) is 0 Å². The molecular weight excluding hydrogens is 434 g/mol. The third-order valence-corrected chi connectivity index (χ3v) is 5.26. The Morgan fingerprint density at radius 3 is 2.36 bits per heavy atom. The highest BCUT2D eigenvalue weighted by Gasteiger charge is 2.33. The maximum atomic E-state index is 12.9. The van der Waals surface area contributed by atoms with E-state index in [1.54, 1.807) is 13.8 Å². The predicted molar refractivity (Wildman–Crippen MR) is 115 cm³/mol. The molecule has 2 rings (SSSR count). The zero-order valence-electron chi connectivity index (χ0n) is 18.6. The van der Waals surface area contributed by atoms with Gasteiger partial charge in [-0.25, -0.2) is 9.78 Å². The number of H-pyrrole nitrogens is 1. The highest BCUT2D eigenvalue weighted by Crippen LogP contribution is 2.08. The summed E-state index contributed by atoms with van der Waals surface area (Å²) in [5.41, 5.74) is 5.76. The van der Waals surface area contributed by atoms with Crippen LogP contribution in [0, 0.1) is 5.92 Å². The molecule has 1 aromatic heterocycles. The molecule has 33 heavy (non-hydrogen) atoms. The van der Waals surface area contributed by atoms with E-state index in [0.717, 1.165) is 6.42 Å². The standard InChI is InChI=1S/C20H31N7O6/c1-10(2)16(20(32)33)27-19(31)13(6-11-8-22-9-24-11)25-18(30)14(7-15(21)28)26-17(29)12-4-3-5-23-12/h8-10,12-14,16,23H,3-7H2,1-2H3,(H2,21,28)(H,22,24)(H,25,30)(H,26,29)(H,27,31)(H,32,33). The van der Waals surface area contributed by atoms with E-state index in [0.29, 0.717) is 18.7 Å². The zero-order valence-corrected chi connectivity index (χ0v) is 18.6. The molecule has 0 aromatic carbocycles. The van der Waals surface area contributed by atoms with Crippen molar-refractivity contribution >= 4 is 29.6 Å². The Balaban J connectivity index is 2.17. The van der Waals surface area contributed by atoms with Crippen molar-refractivity contribution in [3.8, 4) is 0 Å². The highest BCUT2D eigenvalue weighted by molar-refractivity contribution is 5.96. The average Bonchev–Trinajstić information content (AvgIpc) is 3.44. The van der Waals surface area contributed by atoms with Gasteiger partial charge in [-0.1, -0.05) is 13.8 Å². The Kier molecular flexibility index (Phi) is 9.33. The van der Waals surface area contributed by atoms with Crippen molar-refractivity contribution in [2.75, 3.05) is 6.54 Å². The Bertz CT molecular complexity index is 851. The molecule has 182 valence electrons. The van der Waals surface area contributed by atoms with Crippen LogP contribution in [0.1, 0.15) is 38.8 Å².